The van der Waals surface area contributed by atoms with E-state index in [1.165, 1.54) is 11.1 Å². The van der Waals surface area contributed by atoms with Crippen molar-refractivity contribution >= 4 is 34.9 Å². The summed E-state index contributed by atoms with van der Waals surface area (Å²) in [4.78, 5) is 25.6. The number of phenols is 1. The second-order valence-electron chi connectivity index (χ2n) is 10.9. The lowest BCUT2D eigenvalue weighted by Gasteiger charge is -2.50. The number of nitrogens with one attached hydrogen (secondary N) is 1. The van der Waals surface area contributed by atoms with Gasteiger partial charge in [0.1, 0.15) is 11.5 Å². The van der Waals surface area contributed by atoms with E-state index in [1.807, 2.05) is 12.1 Å². The number of fused-ring (bicyclic) bond motifs is 5. The fourth-order valence-electron chi connectivity index (χ4n) is 7.37. The first-order valence-electron chi connectivity index (χ1n) is 12.9. The maximum absolute atomic E-state index is 13.2. The van der Waals surface area contributed by atoms with E-state index in [1.54, 1.807) is 18.2 Å². The summed E-state index contributed by atoms with van der Waals surface area (Å²) in [6.07, 6.45) is 7.72. The molecule has 3 aliphatic carbocycles. The van der Waals surface area contributed by atoms with E-state index in [2.05, 4.69) is 18.3 Å². The molecule has 1 amide bonds. The first-order valence-corrected chi connectivity index (χ1v) is 13.6. The number of hydrogen-bond donors (Lipinski definition) is 2. The summed E-state index contributed by atoms with van der Waals surface area (Å²) in [7, 11) is 0. The Kier molecular flexibility index (Phi) is 6.89. The fourth-order valence-corrected chi connectivity index (χ4v) is 7.66. The van der Waals surface area contributed by atoms with Gasteiger partial charge in [-0.05, 0) is 104 Å². The zero-order valence-corrected chi connectivity index (χ0v) is 21.7. The van der Waals surface area contributed by atoms with Gasteiger partial charge >= 0.3 is 0 Å². The number of benzene rings is 2. The van der Waals surface area contributed by atoms with Crippen LogP contribution in [0.4, 0.5) is 0 Å². The van der Waals surface area contributed by atoms with Crippen molar-refractivity contribution in [3.63, 3.8) is 0 Å². The molecule has 0 aromatic heterocycles. The standard InChI is InChI=1S/C29H33Cl2NO3/c1-29-12-11-22-21-9-7-20(33)14-17(21)5-8-23(22)27(29)18(16-26(29)34)4-2-3-13-32-28(35)19-6-10-24(30)25(31)15-19/h6-7,9-10,14-15,18,22-23,27,33H,2-5,8,11-13,16H2,1H3,(H,32,35)/t18?,22?,23?,27?,29-/m1/s1. The molecule has 186 valence electrons. The Labute approximate surface area is 217 Å². The summed E-state index contributed by atoms with van der Waals surface area (Å²) in [5.74, 6) is 2.55. The Hall–Kier alpha value is -2.04. The van der Waals surface area contributed by atoms with Crippen LogP contribution in [0.3, 0.4) is 0 Å². The Morgan fingerprint density at radius 3 is 2.74 bits per heavy atom. The number of rotatable bonds is 6. The van der Waals surface area contributed by atoms with Crippen LogP contribution in [0, 0.1) is 23.2 Å². The van der Waals surface area contributed by atoms with E-state index >= 15 is 0 Å². The second-order valence-corrected chi connectivity index (χ2v) is 11.8. The van der Waals surface area contributed by atoms with Crippen LogP contribution in [-0.2, 0) is 11.2 Å². The topological polar surface area (TPSA) is 66.4 Å². The Morgan fingerprint density at radius 1 is 1.11 bits per heavy atom. The molecule has 0 saturated heterocycles. The molecule has 0 spiro atoms. The summed E-state index contributed by atoms with van der Waals surface area (Å²) >= 11 is 12.0. The first kappa shape index (κ1) is 24.6. The maximum Gasteiger partial charge on any atom is 0.251 e. The number of ketones is 1. The first-order chi connectivity index (χ1) is 16.8. The van der Waals surface area contributed by atoms with Crippen LogP contribution in [0.15, 0.2) is 36.4 Å². The summed E-state index contributed by atoms with van der Waals surface area (Å²) in [6.45, 7) is 2.82. The van der Waals surface area contributed by atoms with Crippen molar-refractivity contribution in [1.82, 2.24) is 5.32 Å². The van der Waals surface area contributed by atoms with Crippen molar-refractivity contribution in [1.29, 1.82) is 0 Å². The summed E-state index contributed by atoms with van der Waals surface area (Å²) in [5, 5.41) is 13.7. The minimum atomic E-state index is -0.192. The van der Waals surface area contributed by atoms with E-state index in [9.17, 15) is 14.7 Å². The molecule has 5 rings (SSSR count). The minimum Gasteiger partial charge on any atom is -0.508 e. The minimum absolute atomic E-state index is 0.144. The molecule has 35 heavy (non-hydrogen) atoms. The quantitative estimate of drug-likeness (QED) is 0.410. The number of aryl methyl sites for hydroxylation is 1. The molecule has 3 aliphatic rings. The van der Waals surface area contributed by atoms with Gasteiger partial charge in [-0.1, -0.05) is 42.6 Å². The Morgan fingerprint density at radius 2 is 1.94 bits per heavy atom. The molecule has 6 heteroatoms. The molecule has 2 N–H and O–H groups in total. The van der Waals surface area contributed by atoms with Crippen molar-refractivity contribution in [2.24, 2.45) is 23.2 Å². The van der Waals surface area contributed by atoms with Crippen LogP contribution < -0.4 is 5.32 Å². The van der Waals surface area contributed by atoms with Gasteiger partial charge in [0.15, 0.2) is 0 Å². The predicted octanol–water partition coefficient (Wildman–Crippen LogP) is 6.95. The molecule has 0 aliphatic heterocycles. The van der Waals surface area contributed by atoms with Gasteiger partial charge in [-0.25, -0.2) is 0 Å². The van der Waals surface area contributed by atoms with E-state index in [0.717, 1.165) is 44.9 Å². The molecule has 0 heterocycles. The summed E-state index contributed by atoms with van der Waals surface area (Å²) in [5.41, 5.74) is 3.00. The van der Waals surface area contributed by atoms with Crippen molar-refractivity contribution < 1.29 is 14.7 Å². The number of carbonyl (C=O) groups excluding carboxylic acids is 2. The average molecular weight is 514 g/mol. The molecule has 2 fully saturated rings. The predicted molar refractivity (Wildman–Crippen MR) is 139 cm³/mol. The zero-order valence-electron chi connectivity index (χ0n) is 20.2. The third-order valence-corrected chi connectivity index (χ3v) is 9.76. The van der Waals surface area contributed by atoms with Gasteiger partial charge in [0.05, 0.1) is 10.0 Å². The number of carbonyl (C=O) groups is 2. The van der Waals surface area contributed by atoms with Crippen molar-refractivity contribution in [2.45, 2.75) is 64.2 Å². The molecule has 2 aromatic rings. The van der Waals surface area contributed by atoms with Gasteiger partial charge in [-0.15, -0.1) is 0 Å². The number of hydrogen-bond acceptors (Lipinski definition) is 3. The van der Waals surface area contributed by atoms with Crippen molar-refractivity contribution in [2.75, 3.05) is 6.54 Å². The molecule has 5 atom stereocenters. The highest BCUT2D eigenvalue weighted by molar-refractivity contribution is 6.42. The molecule has 4 unspecified atom stereocenters. The van der Waals surface area contributed by atoms with Gasteiger partial charge in [0, 0.05) is 23.9 Å². The molecule has 0 radical (unpaired) electrons. The molecular formula is C29H33Cl2NO3. The van der Waals surface area contributed by atoms with Crippen LogP contribution >= 0.6 is 23.2 Å². The normalized spacial score (nSPS) is 29.3. The van der Waals surface area contributed by atoms with Crippen molar-refractivity contribution in [3.05, 3.63) is 63.1 Å². The van der Waals surface area contributed by atoms with Crippen LogP contribution in [-0.4, -0.2) is 23.3 Å². The summed E-state index contributed by atoms with van der Waals surface area (Å²) < 4.78 is 0. The number of Topliss-reactive ketones (excluding diaryl/α,β-unsaturated/α-hetero) is 1. The average Bonchev–Trinajstić information content (AvgIpc) is 3.09. The SMILES string of the molecule is C[C@]12CCC3c4ccc(O)cc4CCC3C1C(CCCCNC(=O)c1ccc(Cl)c(Cl)c1)CC2=O. The van der Waals surface area contributed by atoms with Crippen LogP contribution in [0.1, 0.15) is 79.3 Å². The van der Waals surface area contributed by atoms with Gasteiger partial charge < -0.3 is 10.4 Å². The third-order valence-electron chi connectivity index (χ3n) is 9.02. The molecule has 2 saturated carbocycles. The van der Waals surface area contributed by atoms with Crippen LogP contribution in [0.5, 0.6) is 5.75 Å². The smallest absolute Gasteiger partial charge is 0.251 e. The molecule has 0 bridgehead atoms. The Bertz CT molecular complexity index is 1150. The molecule has 4 nitrogen and oxygen atoms in total. The monoisotopic (exact) mass is 513 g/mol. The van der Waals surface area contributed by atoms with E-state index in [-0.39, 0.29) is 11.3 Å². The number of halogens is 2. The lowest BCUT2D eigenvalue weighted by molar-refractivity contribution is -0.129. The molecular weight excluding hydrogens is 481 g/mol. The number of aromatic hydroxyl groups is 1. The van der Waals surface area contributed by atoms with E-state index in [0.29, 0.717) is 63.8 Å². The van der Waals surface area contributed by atoms with Gasteiger partial charge in [-0.2, -0.15) is 0 Å². The van der Waals surface area contributed by atoms with E-state index < -0.39 is 0 Å². The largest absolute Gasteiger partial charge is 0.508 e. The number of amides is 1. The van der Waals surface area contributed by atoms with Gasteiger partial charge in [0.25, 0.3) is 5.91 Å². The van der Waals surface area contributed by atoms with E-state index in [4.69, 9.17) is 23.2 Å². The second kappa shape index (κ2) is 9.78. The van der Waals surface area contributed by atoms with Crippen LogP contribution in [0.2, 0.25) is 10.0 Å². The highest BCUT2D eigenvalue weighted by Crippen LogP contribution is 2.62. The number of phenolic OH excluding ortho intramolecular Hbond substituents is 1. The highest BCUT2D eigenvalue weighted by Gasteiger charge is 2.58. The lowest BCUT2D eigenvalue weighted by Crippen LogP contribution is -2.44. The lowest BCUT2D eigenvalue weighted by atomic mass is 9.54. The summed E-state index contributed by atoms with van der Waals surface area (Å²) in [6, 6.07) is 10.8. The van der Waals surface area contributed by atoms with Crippen molar-refractivity contribution in [3.8, 4) is 5.75 Å². The van der Waals surface area contributed by atoms with Crippen LogP contribution in [0.25, 0.3) is 0 Å². The Balaban J connectivity index is 1.20. The fraction of sp³-hybridized carbons (Fsp3) is 0.517. The molecule has 2 aromatic carbocycles. The highest BCUT2D eigenvalue weighted by atomic mass is 35.5. The van der Waals surface area contributed by atoms with Gasteiger partial charge in [-0.3, -0.25) is 9.59 Å². The zero-order chi connectivity index (χ0) is 24.7. The van der Waals surface area contributed by atoms with Gasteiger partial charge in [0.2, 0.25) is 0 Å². The number of unbranched alkanes of at least 4 members (excludes halogenated alkanes) is 1. The maximum atomic E-state index is 13.2. The third kappa shape index (κ3) is 4.60.